The van der Waals surface area contributed by atoms with E-state index in [1.54, 1.807) is 32.8 Å². The van der Waals surface area contributed by atoms with E-state index in [-0.39, 0.29) is 0 Å². The van der Waals surface area contributed by atoms with Crippen LogP contribution in [0.15, 0.2) is 94.4 Å². The first-order valence-corrected chi connectivity index (χ1v) is 13.8. The van der Waals surface area contributed by atoms with Crippen LogP contribution >= 0.6 is 43.5 Å². The largest absolute Gasteiger partial charge is 0.497 e. The second-order valence-corrected chi connectivity index (χ2v) is 10.3. The van der Waals surface area contributed by atoms with E-state index in [1.807, 2.05) is 71.5 Å². The maximum Gasteiger partial charge on any atom is 0.158 e. The highest BCUT2D eigenvalue weighted by molar-refractivity contribution is 9.10. The molecule has 8 nitrogen and oxygen atoms in total. The number of ether oxygens (including phenoxy) is 2. The number of aromatic amines is 1. The third-order valence-electron chi connectivity index (χ3n) is 5.51. The van der Waals surface area contributed by atoms with Crippen molar-refractivity contribution in [2.24, 2.45) is 0 Å². The highest BCUT2D eigenvalue weighted by atomic mass is 79.9. The van der Waals surface area contributed by atoms with Crippen molar-refractivity contribution in [1.82, 2.24) is 29.9 Å². The Bertz CT molecular complexity index is 1600. The van der Waals surface area contributed by atoms with Gasteiger partial charge in [0.15, 0.2) is 11.3 Å². The molecule has 0 atom stereocenters. The molecule has 6 aromatic rings. The minimum atomic E-state index is 0.560. The number of halogens is 3. The number of pyridine rings is 2. The van der Waals surface area contributed by atoms with Gasteiger partial charge in [0, 0.05) is 38.0 Å². The molecule has 4 heterocycles. The predicted molar refractivity (Wildman–Crippen MR) is 161 cm³/mol. The van der Waals surface area contributed by atoms with Crippen LogP contribution in [0.2, 0.25) is 0 Å². The maximum absolute atomic E-state index is 5.58. The van der Waals surface area contributed by atoms with E-state index in [0.717, 1.165) is 53.6 Å². The number of H-pyrrole nitrogens is 1. The Kier molecular flexibility index (Phi) is 10.3. The number of methoxy groups -OCH3 is 2. The van der Waals surface area contributed by atoms with Crippen molar-refractivity contribution in [3.63, 3.8) is 0 Å². The molecule has 0 aliphatic heterocycles. The number of rotatable bonds is 5. The van der Waals surface area contributed by atoms with E-state index in [4.69, 9.17) is 21.1 Å². The number of alkyl halides is 1. The molecule has 0 bridgehead atoms. The van der Waals surface area contributed by atoms with Gasteiger partial charge in [-0.2, -0.15) is 10.2 Å². The van der Waals surface area contributed by atoms with Crippen molar-refractivity contribution in [2.75, 3.05) is 14.2 Å². The van der Waals surface area contributed by atoms with Crippen molar-refractivity contribution in [1.29, 1.82) is 0 Å². The van der Waals surface area contributed by atoms with Gasteiger partial charge < -0.3 is 9.47 Å². The van der Waals surface area contributed by atoms with E-state index in [2.05, 4.69) is 57.1 Å². The summed E-state index contributed by atoms with van der Waals surface area (Å²) in [6.07, 6.45) is 7.10. The van der Waals surface area contributed by atoms with Crippen LogP contribution in [0.5, 0.6) is 11.5 Å². The van der Waals surface area contributed by atoms with Crippen molar-refractivity contribution < 1.29 is 9.47 Å². The number of nitrogens with one attached hydrogen (secondary N) is 1. The van der Waals surface area contributed by atoms with Crippen molar-refractivity contribution in [3.05, 3.63) is 106 Å². The van der Waals surface area contributed by atoms with Crippen LogP contribution < -0.4 is 9.47 Å². The summed E-state index contributed by atoms with van der Waals surface area (Å²) in [4.78, 5) is 8.48. The van der Waals surface area contributed by atoms with Crippen molar-refractivity contribution in [3.8, 4) is 11.5 Å². The first kappa shape index (κ1) is 28.5. The van der Waals surface area contributed by atoms with Crippen molar-refractivity contribution >= 4 is 65.5 Å². The summed E-state index contributed by atoms with van der Waals surface area (Å²) in [6.45, 7) is 0.697. The molecule has 2 aromatic carbocycles. The Morgan fingerprint density at radius 3 is 1.97 bits per heavy atom. The second-order valence-electron chi connectivity index (χ2n) is 8.16. The lowest BCUT2D eigenvalue weighted by atomic mass is 10.2. The first-order chi connectivity index (χ1) is 19.0. The van der Waals surface area contributed by atoms with Gasteiger partial charge in [0.05, 0.1) is 33.2 Å². The average Bonchev–Trinajstić information content (AvgIpc) is 3.60. The van der Waals surface area contributed by atoms with Gasteiger partial charge in [0.25, 0.3) is 0 Å². The Morgan fingerprint density at radius 1 is 0.769 bits per heavy atom. The molecule has 0 radical (unpaired) electrons. The lowest BCUT2D eigenvalue weighted by molar-refractivity contribution is 0.414. The lowest BCUT2D eigenvalue weighted by Gasteiger charge is -2.05. The highest BCUT2D eigenvalue weighted by Gasteiger charge is 2.05. The Balaban J connectivity index is 0.000000149. The van der Waals surface area contributed by atoms with E-state index in [0.29, 0.717) is 12.4 Å². The fraction of sp³-hybridized carbons (Fsp3) is 0.143. The molecule has 39 heavy (non-hydrogen) atoms. The monoisotopic (exact) mass is 670 g/mol. The summed E-state index contributed by atoms with van der Waals surface area (Å²) in [6, 6.07) is 19.6. The van der Waals surface area contributed by atoms with Gasteiger partial charge in [-0.25, -0.2) is 14.6 Å². The molecule has 0 saturated carbocycles. The van der Waals surface area contributed by atoms with E-state index in [1.165, 1.54) is 0 Å². The van der Waals surface area contributed by atoms with E-state index in [9.17, 15) is 0 Å². The molecule has 200 valence electrons. The fourth-order valence-electron chi connectivity index (χ4n) is 3.49. The molecule has 1 N–H and O–H groups in total. The molecule has 0 aliphatic carbocycles. The molecule has 0 amide bonds. The summed E-state index contributed by atoms with van der Waals surface area (Å²) in [5.41, 5.74) is 3.99. The third-order valence-corrected chi connectivity index (χ3v) is 6.68. The Morgan fingerprint density at radius 2 is 1.36 bits per heavy atom. The first-order valence-electron chi connectivity index (χ1n) is 11.7. The third kappa shape index (κ3) is 8.01. The molecule has 0 saturated heterocycles. The van der Waals surface area contributed by atoms with Crippen LogP contribution in [0.25, 0.3) is 22.1 Å². The smallest absolute Gasteiger partial charge is 0.158 e. The van der Waals surface area contributed by atoms with Crippen LogP contribution in [0.3, 0.4) is 0 Å². The van der Waals surface area contributed by atoms with E-state index >= 15 is 0 Å². The normalized spacial score (nSPS) is 10.4. The molecule has 0 unspecified atom stereocenters. The van der Waals surface area contributed by atoms with Crippen LogP contribution in [0.4, 0.5) is 0 Å². The van der Waals surface area contributed by atoms with Gasteiger partial charge in [-0.15, -0.1) is 11.6 Å². The molecular weight excluding hydrogens is 648 g/mol. The topological polar surface area (TPSA) is 90.7 Å². The summed E-state index contributed by atoms with van der Waals surface area (Å²) in [5, 5.41) is 13.0. The zero-order chi connectivity index (χ0) is 27.6. The van der Waals surface area contributed by atoms with E-state index < -0.39 is 0 Å². The van der Waals surface area contributed by atoms with Crippen molar-refractivity contribution in [2.45, 2.75) is 12.4 Å². The number of nitrogens with zero attached hydrogens (tertiary/aromatic N) is 5. The summed E-state index contributed by atoms with van der Waals surface area (Å²) in [7, 11) is 3.31. The molecule has 11 heteroatoms. The number of benzene rings is 2. The van der Waals surface area contributed by atoms with Crippen LogP contribution in [0.1, 0.15) is 11.1 Å². The fourth-order valence-corrected chi connectivity index (χ4v) is 4.37. The van der Waals surface area contributed by atoms with Gasteiger partial charge in [0.1, 0.15) is 11.5 Å². The minimum absolute atomic E-state index is 0.560. The van der Waals surface area contributed by atoms with Gasteiger partial charge in [0.2, 0.25) is 0 Å². The number of hydrogen-bond acceptors (Lipinski definition) is 6. The standard InChI is InChI=1S/C14H12BrN3O.C8H9ClO.C6H4BrN3/c1-19-13-4-2-10(3-5-13)9-18-14-11(7-17-18)6-12(15)8-16-14;1-10-8-4-2-7(6-9)3-5-8;7-5-1-4-2-9-10-6(4)8-3-5/h2-8H,9H2,1H3;2-5H,6H2,1H3;1-3H,(H,8,9,10). The molecule has 4 aromatic heterocycles. The summed E-state index contributed by atoms with van der Waals surface area (Å²) >= 11 is 12.3. The minimum Gasteiger partial charge on any atom is -0.497 e. The quantitative estimate of drug-likeness (QED) is 0.192. The molecular formula is C28H25Br2ClN6O2. The molecule has 0 spiro atoms. The summed E-state index contributed by atoms with van der Waals surface area (Å²) < 4.78 is 13.9. The number of fused-ring (bicyclic) bond motifs is 2. The van der Waals surface area contributed by atoms with Crippen LogP contribution in [-0.2, 0) is 12.4 Å². The zero-order valence-corrected chi connectivity index (χ0v) is 25.1. The van der Waals surface area contributed by atoms with Crippen LogP contribution in [-0.4, -0.2) is 44.2 Å². The predicted octanol–water partition coefficient (Wildman–Crippen LogP) is 7.41. The zero-order valence-electron chi connectivity index (χ0n) is 21.2. The van der Waals surface area contributed by atoms with Gasteiger partial charge in [-0.3, -0.25) is 5.10 Å². The molecule has 6 rings (SSSR count). The lowest BCUT2D eigenvalue weighted by Crippen LogP contribution is -2.02. The summed E-state index contributed by atoms with van der Waals surface area (Å²) in [5.74, 6) is 2.29. The van der Waals surface area contributed by atoms with Gasteiger partial charge in [-0.05, 0) is 79.4 Å². The maximum atomic E-state index is 5.58. The number of hydrogen-bond donors (Lipinski definition) is 1. The van der Waals surface area contributed by atoms with Gasteiger partial charge in [-0.1, -0.05) is 24.3 Å². The van der Waals surface area contributed by atoms with Crippen LogP contribution in [0, 0.1) is 0 Å². The SMILES string of the molecule is Brc1cnc2[nH]ncc2c1.COc1ccc(CCl)cc1.COc1ccc(Cn2ncc3cc(Br)cnc32)cc1. The number of aromatic nitrogens is 6. The highest BCUT2D eigenvalue weighted by Crippen LogP contribution is 2.19. The van der Waals surface area contributed by atoms with Gasteiger partial charge >= 0.3 is 0 Å². The second kappa shape index (κ2) is 14.1. The molecule has 0 fully saturated rings. The average molecular weight is 673 g/mol. The molecule has 0 aliphatic rings. The Labute approximate surface area is 247 Å². The Hall–Kier alpha value is -3.47.